The molecule has 0 saturated carbocycles. The number of anilines is 1. The molecule has 0 amide bonds. The standard InChI is InChI=1S/C21H31BN3O3/c1-6-14-11-16(22-28-21(4,5)20(2,3)26)12-15-13-23-19(25-18(14)15)24-17-7-9-27-10-8-17/h11-13,17,26H,6-10H2,1-5H3,(H,23,24,25). The second-order valence-corrected chi connectivity index (χ2v) is 8.50. The van der Waals surface area contributed by atoms with Crippen molar-refractivity contribution in [2.24, 2.45) is 0 Å². The first-order chi connectivity index (χ1) is 13.2. The fourth-order valence-electron chi connectivity index (χ4n) is 3.04. The number of nitrogens with one attached hydrogen (secondary N) is 1. The molecule has 1 aliphatic rings. The van der Waals surface area contributed by atoms with E-state index < -0.39 is 11.2 Å². The van der Waals surface area contributed by atoms with E-state index >= 15 is 0 Å². The van der Waals surface area contributed by atoms with Gasteiger partial charge in [-0.15, -0.1) is 0 Å². The van der Waals surface area contributed by atoms with Crippen LogP contribution in [0.2, 0.25) is 0 Å². The number of rotatable bonds is 7. The summed E-state index contributed by atoms with van der Waals surface area (Å²) in [5.74, 6) is 0.672. The van der Waals surface area contributed by atoms with Crippen LogP contribution in [0, 0.1) is 0 Å². The molecule has 0 bridgehead atoms. The predicted octanol–water partition coefficient (Wildman–Crippen LogP) is 2.59. The molecule has 6 nitrogen and oxygen atoms in total. The molecule has 2 N–H and O–H groups in total. The van der Waals surface area contributed by atoms with Crippen molar-refractivity contribution in [1.29, 1.82) is 0 Å². The van der Waals surface area contributed by atoms with Crippen LogP contribution >= 0.6 is 0 Å². The van der Waals surface area contributed by atoms with Gasteiger partial charge in [-0.3, -0.25) is 0 Å². The van der Waals surface area contributed by atoms with Gasteiger partial charge >= 0.3 is 7.48 Å². The summed E-state index contributed by atoms with van der Waals surface area (Å²) in [4.78, 5) is 9.28. The van der Waals surface area contributed by atoms with Gasteiger partial charge in [0.05, 0.1) is 16.7 Å². The summed E-state index contributed by atoms with van der Waals surface area (Å²) in [5, 5.41) is 14.7. The molecular weight excluding hydrogens is 353 g/mol. The summed E-state index contributed by atoms with van der Waals surface area (Å²) in [5.41, 5.74) is 1.39. The van der Waals surface area contributed by atoms with Crippen molar-refractivity contribution in [1.82, 2.24) is 9.97 Å². The van der Waals surface area contributed by atoms with E-state index in [1.165, 1.54) is 0 Å². The molecule has 1 radical (unpaired) electrons. The Labute approximate surface area is 168 Å². The fraction of sp³-hybridized carbons (Fsp3) is 0.619. The number of aliphatic hydroxyl groups is 1. The lowest BCUT2D eigenvalue weighted by atomic mass is 9.81. The lowest BCUT2D eigenvalue weighted by Crippen LogP contribution is -2.49. The van der Waals surface area contributed by atoms with Crippen molar-refractivity contribution in [3.8, 4) is 0 Å². The van der Waals surface area contributed by atoms with E-state index in [9.17, 15) is 5.11 Å². The second kappa shape index (κ2) is 8.35. The summed E-state index contributed by atoms with van der Waals surface area (Å²) < 4.78 is 11.3. The van der Waals surface area contributed by atoms with Crippen LogP contribution in [0.1, 0.15) is 53.0 Å². The number of ether oxygens (including phenoxy) is 1. The Balaban J connectivity index is 1.80. The Morgan fingerprint density at radius 2 is 1.96 bits per heavy atom. The van der Waals surface area contributed by atoms with Crippen molar-refractivity contribution in [2.75, 3.05) is 18.5 Å². The summed E-state index contributed by atoms with van der Waals surface area (Å²) in [7, 11) is 1.71. The molecule has 1 aliphatic heterocycles. The Hall–Kier alpha value is -1.70. The van der Waals surface area contributed by atoms with E-state index in [2.05, 4.69) is 23.3 Å². The molecule has 1 saturated heterocycles. The maximum Gasteiger partial charge on any atom is 0.330 e. The number of fused-ring (bicyclic) bond motifs is 1. The van der Waals surface area contributed by atoms with Gasteiger partial charge in [0, 0.05) is 30.8 Å². The highest BCUT2D eigenvalue weighted by molar-refractivity contribution is 6.47. The van der Waals surface area contributed by atoms with Crippen LogP contribution in [0.5, 0.6) is 0 Å². The van der Waals surface area contributed by atoms with Crippen molar-refractivity contribution in [2.45, 2.75) is 71.1 Å². The van der Waals surface area contributed by atoms with E-state index in [0.717, 1.165) is 54.4 Å². The normalized spacial score (nSPS) is 16.4. The average molecular weight is 384 g/mol. The number of hydrogen-bond acceptors (Lipinski definition) is 6. The number of aromatic nitrogens is 2. The van der Waals surface area contributed by atoms with E-state index in [0.29, 0.717) is 12.0 Å². The van der Waals surface area contributed by atoms with Gasteiger partial charge in [0.2, 0.25) is 5.95 Å². The van der Waals surface area contributed by atoms with Gasteiger partial charge in [-0.2, -0.15) is 0 Å². The summed E-state index contributed by atoms with van der Waals surface area (Å²) in [6, 6.07) is 4.47. The summed E-state index contributed by atoms with van der Waals surface area (Å²) >= 11 is 0. The van der Waals surface area contributed by atoms with Crippen LogP contribution in [-0.2, 0) is 15.8 Å². The quantitative estimate of drug-likeness (QED) is 0.715. The van der Waals surface area contributed by atoms with E-state index in [1.807, 2.05) is 26.1 Å². The third-order valence-electron chi connectivity index (χ3n) is 5.68. The van der Waals surface area contributed by atoms with Crippen LogP contribution in [0.25, 0.3) is 10.9 Å². The van der Waals surface area contributed by atoms with Gasteiger partial charge in [-0.05, 0) is 52.5 Å². The number of nitrogens with zero attached hydrogens (tertiary/aromatic N) is 2. The molecule has 2 heterocycles. The van der Waals surface area contributed by atoms with E-state index in [-0.39, 0.29) is 0 Å². The molecule has 7 heteroatoms. The van der Waals surface area contributed by atoms with Crippen LogP contribution in [-0.4, -0.2) is 53.0 Å². The topological polar surface area (TPSA) is 76.5 Å². The molecule has 0 atom stereocenters. The Bertz CT molecular complexity index is 814. The monoisotopic (exact) mass is 384 g/mol. The van der Waals surface area contributed by atoms with E-state index in [1.54, 1.807) is 21.3 Å². The zero-order valence-electron chi connectivity index (χ0n) is 17.6. The maximum absolute atomic E-state index is 10.3. The zero-order valence-corrected chi connectivity index (χ0v) is 17.6. The van der Waals surface area contributed by atoms with E-state index in [4.69, 9.17) is 14.4 Å². The minimum Gasteiger partial charge on any atom is -0.427 e. The minimum atomic E-state index is -0.957. The van der Waals surface area contributed by atoms with Gasteiger partial charge in [0.1, 0.15) is 0 Å². The van der Waals surface area contributed by atoms with Crippen molar-refractivity contribution in [3.63, 3.8) is 0 Å². The van der Waals surface area contributed by atoms with Crippen LogP contribution in [0.4, 0.5) is 5.95 Å². The van der Waals surface area contributed by atoms with Gasteiger partial charge in [-0.1, -0.05) is 24.5 Å². The Morgan fingerprint density at radius 3 is 2.61 bits per heavy atom. The molecule has 1 aromatic carbocycles. The first-order valence-corrected chi connectivity index (χ1v) is 10.1. The van der Waals surface area contributed by atoms with Crippen LogP contribution in [0.3, 0.4) is 0 Å². The third kappa shape index (κ3) is 4.83. The lowest BCUT2D eigenvalue weighted by molar-refractivity contribution is -0.0893. The zero-order chi connectivity index (χ0) is 20.4. The largest absolute Gasteiger partial charge is 0.427 e. The highest BCUT2D eigenvalue weighted by atomic mass is 16.5. The second-order valence-electron chi connectivity index (χ2n) is 8.50. The summed E-state index contributed by atoms with van der Waals surface area (Å²) in [6.07, 6.45) is 4.68. The molecule has 0 unspecified atom stereocenters. The molecule has 3 rings (SSSR count). The first-order valence-electron chi connectivity index (χ1n) is 10.1. The van der Waals surface area contributed by atoms with Gasteiger partial charge < -0.3 is 19.8 Å². The lowest BCUT2D eigenvalue weighted by Gasteiger charge is -2.37. The third-order valence-corrected chi connectivity index (χ3v) is 5.68. The number of hydrogen-bond donors (Lipinski definition) is 2. The van der Waals surface area contributed by atoms with Crippen molar-refractivity contribution >= 4 is 29.8 Å². The first kappa shape index (κ1) is 21.0. The van der Waals surface area contributed by atoms with Crippen LogP contribution < -0.4 is 10.8 Å². The highest BCUT2D eigenvalue weighted by Crippen LogP contribution is 2.25. The molecule has 2 aromatic rings. The fourth-order valence-corrected chi connectivity index (χ4v) is 3.04. The summed E-state index contributed by atoms with van der Waals surface area (Å²) in [6.45, 7) is 10.9. The van der Waals surface area contributed by atoms with Crippen molar-refractivity contribution in [3.05, 3.63) is 23.9 Å². The maximum atomic E-state index is 10.3. The molecule has 28 heavy (non-hydrogen) atoms. The molecule has 151 valence electrons. The van der Waals surface area contributed by atoms with Crippen molar-refractivity contribution < 1.29 is 14.5 Å². The van der Waals surface area contributed by atoms with Gasteiger partial charge in [0.15, 0.2) is 0 Å². The Morgan fingerprint density at radius 1 is 1.25 bits per heavy atom. The predicted molar refractivity (Wildman–Crippen MR) is 113 cm³/mol. The molecule has 0 spiro atoms. The molecule has 1 aromatic heterocycles. The Kier molecular flexibility index (Phi) is 6.27. The molecule has 0 aliphatic carbocycles. The number of aryl methyl sites for hydroxylation is 1. The smallest absolute Gasteiger partial charge is 0.330 e. The minimum absolute atomic E-state index is 0.362. The van der Waals surface area contributed by atoms with Gasteiger partial charge in [-0.25, -0.2) is 9.97 Å². The number of benzene rings is 1. The molecular formula is C21H31BN3O3. The SMILES string of the molecule is CCc1cc([B]OC(C)(C)C(C)(C)O)cc2cnc(NC3CCOCC3)nc12. The van der Waals surface area contributed by atoms with Gasteiger partial charge in [0.25, 0.3) is 0 Å². The van der Waals surface area contributed by atoms with Crippen LogP contribution in [0.15, 0.2) is 18.3 Å². The molecule has 1 fully saturated rings. The highest BCUT2D eigenvalue weighted by Gasteiger charge is 2.35. The average Bonchev–Trinajstić information content (AvgIpc) is 2.66.